The zero-order chi connectivity index (χ0) is 18.4. The minimum atomic E-state index is 0.488. The molecule has 2 unspecified atom stereocenters. The second-order valence-electron chi connectivity index (χ2n) is 6.75. The first kappa shape index (κ1) is 19.6. The Balaban J connectivity index is 1.54. The van der Waals surface area contributed by atoms with Crippen molar-refractivity contribution in [3.8, 4) is 0 Å². The normalized spacial score (nSPS) is 20.1. The van der Waals surface area contributed by atoms with E-state index in [2.05, 4.69) is 63.0 Å². The monoisotopic (exact) mass is 433 g/mol. The summed E-state index contributed by atoms with van der Waals surface area (Å²) in [6.07, 6.45) is 6.61. The third kappa shape index (κ3) is 5.66. The van der Waals surface area contributed by atoms with Crippen LogP contribution in [0.2, 0.25) is 5.02 Å². The maximum atomic E-state index is 5.99. The van der Waals surface area contributed by atoms with Gasteiger partial charge in [-0.2, -0.15) is 0 Å². The lowest BCUT2D eigenvalue weighted by Gasteiger charge is -2.14. The van der Waals surface area contributed by atoms with Crippen LogP contribution in [0.5, 0.6) is 0 Å². The molecule has 0 aliphatic carbocycles. The molecule has 0 bridgehead atoms. The predicted octanol–water partition coefficient (Wildman–Crippen LogP) is 4.44. The molecule has 2 atom stereocenters. The van der Waals surface area contributed by atoms with Gasteiger partial charge in [-0.3, -0.25) is 0 Å². The molecule has 2 aromatic carbocycles. The highest BCUT2D eigenvalue weighted by Crippen LogP contribution is 2.23. The third-order valence-corrected chi connectivity index (χ3v) is 5.63. The smallest absolute Gasteiger partial charge is 0.0417 e. The topological polar surface area (TPSA) is 50.1 Å². The minimum Gasteiger partial charge on any atom is -0.329 e. The molecule has 4 N–H and O–H groups in total. The molecule has 0 radical (unpaired) electrons. The molecular weight excluding hydrogens is 410 g/mol. The summed E-state index contributed by atoms with van der Waals surface area (Å²) in [6, 6.07) is 15.5. The van der Waals surface area contributed by atoms with Crippen LogP contribution in [-0.4, -0.2) is 25.2 Å². The Morgan fingerprint density at radius 2 is 2.00 bits per heavy atom. The fourth-order valence-corrected chi connectivity index (χ4v) is 4.08. The van der Waals surface area contributed by atoms with Crippen LogP contribution in [0, 0.1) is 0 Å². The summed E-state index contributed by atoms with van der Waals surface area (Å²) >= 11 is 9.55. The Bertz CT molecular complexity index is 763. The summed E-state index contributed by atoms with van der Waals surface area (Å²) in [6.45, 7) is 2.58. The fraction of sp³-hybridized carbons (Fsp3) is 0.333. The number of halogens is 2. The SMILES string of the molecule is NCC1CCC(CNCc2cccc(/C=C/c3ccc(Cl)cc3Br)c2)N1. The first-order chi connectivity index (χ1) is 12.6. The van der Waals surface area contributed by atoms with Gasteiger partial charge in [0.25, 0.3) is 0 Å². The van der Waals surface area contributed by atoms with Crippen molar-refractivity contribution in [2.24, 2.45) is 5.73 Å². The van der Waals surface area contributed by atoms with Crippen molar-refractivity contribution in [1.82, 2.24) is 10.6 Å². The van der Waals surface area contributed by atoms with E-state index in [4.69, 9.17) is 17.3 Å². The van der Waals surface area contributed by atoms with Gasteiger partial charge < -0.3 is 16.4 Å². The molecule has 1 heterocycles. The van der Waals surface area contributed by atoms with E-state index in [1.54, 1.807) is 0 Å². The van der Waals surface area contributed by atoms with Crippen molar-refractivity contribution in [3.63, 3.8) is 0 Å². The fourth-order valence-electron chi connectivity index (χ4n) is 3.27. The van der Waals surface area contributed by atoms with Gasteiger partial charge in [-0.25, -0.2) is 0 Å². The van der Waals surface area contributed by atoms with E-state index in [1.807, 2.05) is 18.2 Å². The standard InChI is InChI=1S/C21H25BrClN3/c22-21-11-18(23)7-6-17(21)5-4-15-2-1-3-16(10-15)13-25-14-20-9-8-19(12-24)26-20/h1-7,10-11,19-20,25-26H,8-9,12-14,24H2/b5-4+. The Labute approximate surface area is 169 Å². The van der Waals surface area contributed by atoms with Crippen molar-refractivity contribution >= 4 is 39.7 Å². The predicted molar refractivity (Wildman–Crippen MR) is 115 cm³/mol. The highest BCUT2D eigenvalue weighted by atomic mass is 79.9. The van der Waals surface area contributed by atoms with Gasteiger partial charge in [0.15, 0.2) is 0 Å². The van der Waals surface area contributed by atoms with Crippen LogP contribution in [0.3, 0.4) is 0 Å². The summed E-state index contributed by atoms with van der Waals surface area (Å²) < 4.78 is 0.999. The Morgan fingerprint density at radius 3 is 2.77 bits per heavy atom. The molecule has 2 aromatic rings. The number of nitrogens with two attached hydrogens (primary N) is 1. The molecule has 0 amide bonds. The highest BCUT2D eigenvalue weighted by molar-refractivity contribution is 9.10. The molecule has 0 aromatic heterocycles. The maximum Gasteiger partial charge on any atom is 0.0417 e. The van der Waals surface area contributed by atoms with E-state index >= 15 is 0 Å². The van der Waals surface area contributed by atoms with Crippen LogP contribution >= 0.6 is 27.5 Å². The molecule has 3 nitrogen and oxygen atoms in total. The van der Waals surface area contributed by atoms with Crippen molar-refractivity contribution in [2.45, 2.75) is 31.5 Å². The third-order valence-electron chi connectivity index (χ3n) is 4.71. The number of benzene rings is 2. The zero-order valence-electron chi connectivity index (χ0n) is 14.7. The quantitative estimate of drug-likeness (QED) is 0.565. The lowest BCUT2D eigenvalue weighted by atomic mass is 10.1. The Hall–Kier alpha value is -1.17. The van der Waals surface area contributed by atoms with Crippen LogP contribution in [0.4, 0.5) is 0 Å². The summed E-state index contributed by atoms with van der Waals surface area (Å²) in [5.74, 6) is 0. The van der Waals surface area contributed by atoms with Crippen LogP contribution in [-0.2, 0) is 6.54 Å². The van der Waals surface area contributed by atoms with Crippen LogP contribution in [0.25, 0.3) is 12.2 Å². The molecule has 1 aliphatic heterocycles. The molecule has 3 rings (SSSR count). The van der Waals surface area contributed by atoms with Crippen molar-refractivity contribution in [1.29, 1.82) is 0 Å². The number of hydrogen-bond donors (Lipinski definition) is 3. The van der Waals surface area contributed by atoms with Crippen LogP contribution < -0.4 is 16.4 Å². The number of nitrogens with one attached hydrogen (secondary N) is 2. The average molecular weight is 435 g/mol. The van der Waals surface area contributed by atoms with Gasteiger partial charge in [-0.1, -0.05) is 70.0 Å². The summed E-state index contributed by atoms with van der Waals surface area (Å²) in [5.41, 5.74) is 9.31. The van der Waals surface area contributed by atoms with Crippen molar-refractivity contribution < 1.29 is 0 Å². The lowest BCUT2D eigenvalue weighted by Crippen LogP contribution is -2.40. The number of hydrogen-bond acceptors (Lipinski definition) is 3. The molecule has 26 heavy (non-hydrogen) atoms. The van der Waals surface area contributed by atoms with E-state index < -0.39 is 0 Å². The van der Waals surface area contributed by atoms with Crippen LogP contribution in [0.1, 0.15) is 29.5 Å². The summed E-state index contributed by atoms with van der Waals surface area (Å²) in [4.78, 5) is 0. The minimum absolute atomic E-state index is 0.488. The second-order valence-corrected chi connectivity index (χ2v) is 8.04. The molecule has 0 spiro atoms. The van der Waals surface area contributed by atoms with Gasteiger partial charge in [0, 0.05) is 41.2 Å². The van der Waals surface area contributed by atoms with E-state index in [0.29, 0.717) is 12.1 Å². The number of rotatable bonds is 7. The summed E-state index contributed by atoms with van der Waals surface area (Å²) in [7, 11) is 0. The zero-order valence-corrected chi connectivity index (χ0v) is 17.1. The lowest BCUT2D eigenvalue weighted by molar-refractivity contribution is 0.503. The highest BCUT2D eigenvalue weighted by Gasteiger charge is 2.21. The molecule has 5 heteroatoms. The Morgan fingerprint density at radius 1 is 1.15 bits per heavy atom. The Kier molecular flexibility index (Phi) is 7.29. The molecule has 1 saturated heterocycles. The second kappa shape index (κ2) is 9.67. The van der Waals surface area contributed by atoms with Gasteiger partial charge in [0.05, 0.1) is 0 Å². The van der Waals surface area contributed by atoms with Gasteiger partial charge in [-0.05, 0) is 41.7 Å². The van der Waals surface area contributed by atoms with E-state index in [0.717, 1.165) is 34.7 Å². The molecule has 138 valence electrons. The first-order valence-electron chi connectivity index (χ1n) is 9.03. The summed E-state index contributed by atoms with van der Waals surface area (Å²) in [5, 5.41) is 7.86. The maximum absolute atomic E-state index is 5.99. The molecular formula is C21H25BrClN3. The van der Waals surface area contributed by atoms with E-state index in [1.165, 1.54) is 24.0 Å². The van der Waals surface area contributed by atoms with Crippen molar-refractivity contribution in [3.05, 3.63) is 68.7 Å². The molecule has 0 saturated carbocycles. The van der Waals surface area contributed by atoms with E-state index in [-0.39, 0.29) is 0 Å². The van der Waals surface area contributed by atoms with Gasteiger partial charge >= 0.3 is 0 Å². The van der Waals surface area contributed by atoms with Gasteiger partial charge in [0.1, 0.15) is 0 Å². The van der Waals surface area contributed by atoms with E-state index in [9.17, 15) is 0 Å². The molecule has 1 fully saturated rings. The van der Waals surface area contributed by atoms with Crippen molar-refractivity contribution in [2.75, 3.05) is 13.1 Å². The van der Waals surface area contributed by atoms with Gasteiger partial charge in [0.2, 0.25) is 0 Å². The van der Waals surface area contributed by atoms with Gasteiger partial charge in [-0.15, -0.1) is 0 Å². The molecule has 1 aliphatic rings. The van der Waals surface area contributed by atoms with Crippen LogP contribution in [0.15, 0.2) is 46.9 Å². The first-order valence-corrected chi connectivity index (χ1v) is 10.2. The average Bonchev–Trinajstić information content (AvgIpc) is 3.09. The largest absolute Gasteiger partial charge is 0.329 e.